The minimum absolute atomic E-state index is 0.394. The summed E-state index contributed by atoms with van der Waals surface area (Å²) in [6, 6.07) is 64.7. The number of nitrogens with zero attached hydrogens (tertiary/aromatic N) is 1. The lowest BCUT2D eigenvalue weighted by atomic mass is 9.70. The third kappa shape index (κ3) is 3.46. The molecule has 0 aliphatic heterocycles. The lowest BCUT2D eigenvalue weighted by Gasteiger charge is -2.30. The van der Waals surface area contributed by atoms with Gasteiger partial charge in [-0.1, -0.05) is 170 Å². The largest absolute Gasteiger partial charge is 0.247 e. The summed E-state index contributed by atoms with van der Waals surface area (Å²) in [5.41, 5.74) is 15.9. The number of fused-ring (bicyclic) bond motifs is 15. The van der Waals surface area contributed by atoms with Crippen LogP contribution in [-0.4, -0.2) is 4.98 Å². The summed E-state index contributed by atoms with van der Waals surface area (Å²) in [5, 5.41) is 6.17. The molecule has 49 heavy (non-hydrogen) atoms. The van der Waals surface area contributed by atoms with Gasteiger partial charge in [0.05, 0.1) is 16.6 Å². The van der Waals surface area contributed by atoms with Crippen molar-refractivity contribution in [1.29, 1.82) is 0 Å². The Morgan fingerprint density at radius 1 is 0.347 bits per heavy atom. The fraction of sp³-hybridized carbons (Fsp3) is 0.0208. The molecule has 1 heterocycles. The van der Waals surface area contributed by atoms with Gasteiger partial charge in [0, 0.05) is 16.3 Å². The first-order chi connectivity index (χ1) is 24.3. The number of para-hydroxylation sites is 1. The van der Waals surface area contributed by atoms with Crippen LogP contribution < -0.4 is 0 Å². The Hall–Kier alpha value is -6.31. The highest BCUT2D eigenvalue weighted by Crippen LogP contribution is 2.64. The van der Waals surface area contributed by atoms with Crippen molar-refractivity contribution in [3.63, 3.8) is 0 Å². The third-order valence-corrected chi connectivity index (χ3v) is 11.1. The Bertz CT molecular complexity index is 2770. The molecular weight excluding hydrogens is 591 g/mol. The predicted octanol–water partition coefficient (Wildman–Crippen LogP) is 12.2. The van der Waals surface area contributed by atoms with Gasteiger partial charge in [-0.2, -0.15) is 0 Å². The highest BCUT2D eigenvalue weighted by molar-refractivity contribution is 6.19. The summed E-state index contributed by atoms with van der Waals surface area (Å²) in [7, 11) is 0. The summed E-state index contributed by atoms with van der Waals surface area (Å²) in [6.45, 7) is 0. The average Bonchev–Trinajstić information content (AvgIpc) is 3.65. The summed E-state index contributed by atoms with van der Waals surface area (Å²) < 4.78 is 0. The lowest BCUT2D eigenvalue weighted by Crippen LogP contribution is -2.25. The van der Waals surface area contributed by atoms with E-state index in [0.29, 0.717) is 0 Å². The highest BCUT2D eigenvalue weighted by atomic mass is 14.7. The molecule has 9 aromatic rings. The maximum Gasteiger partial charge on any atom is 0.0794 e. The van der Waals surface area contributed by atoms with Crippen LogP contribution in [-0.2, 0) is 5.41 Å². The van der Waals surface area contributed by atoms with Gasteiger partial charge in [0.1, 0.15) is 0 Å². The molecular formula is C48H29N. The van der Waals surface area contributed by atoms with E-state index in [0.717, 1.165) is 16.8 Å². The van der Waals surface area contributed by atoms with Crippen molar-refractivity contribution >= 4 is 32.4 Å². The van der Waals surface area contributed by atoms with E-state index in [1.165, 1.54) is 82.6 Å². The van der Waals surface area contributed by atoms with Crippen molar-refractivity contribution in [2.75, 3.05) is 0 Å². The van der Waals surface area contributed by atoms with Gasteiger partial charge in [-0.15, -0.1) is 0 Å². The number of benzene rings is 8. The van der Waals surface area contributed by atoms with Crippen molar-refractivity contribution in [1.82, 2.24) is 4.98 Å². The Balaban J connectivity index is 1.23. The molecule has 0 N–H and O–H groups in total. The number of pyridine rings is 1. The van der Waals surface area contributed by atoms with Crippen LogP contribution in [0.1, 0.15) is 22.3 Å². The van der Waals surface area contributed by atoms with Crippen LogP contribution in [0.2, 0.25) is 0 Å². The number of rotatable bonds is 2. The standard InChI is InChI=1S/C48H29N/c1-2-14-33-30(12-1)13-11-19-34(33)31-24-26-32(27-25-31)47-46-38(37-17-6-10-23-44(37)49-47)28-29-43-45(46)39-18-5-9-22-42(39)48(43)40-20-7-3-15-35(40)36-16-4-8-21-41(36)48/h1-29H. The summed E-state index contributed by atoms with van der Waals surface area (Å²) in [6.07, 6.45) is 0. The fourth-order valence-corrected chi connectivity index (χ4v) is 9.12. The van der Waals surface area contributed by atoms with Crippen LogP contribution in [0.25, 0.3) is 77.1 Å². The summed E-state index contributed by atoms with van der Waals surface area (Å²) in [4.78, 5) is 5.48. The number of hydrogen-bond donors (Lipinski definition) is 0. The van der Waals surface area contributed by atoms with E-state index in [2.05, 4.69) is 176 Å². The van der Waals surface area contributed by atoms with E-state index in [4.69, 9.17) is 4.98 Å². The maximum atomic E-state index is 5.48. The molecule has 0 atom stereocenters. The van der Waals surface area contributed by atoms with Crippen LogP contribution in [0.5, 0.6) is 0 Å². The van der Waals surface area contributed by atoms with E-state index >= 15 is 0 Å². The molecule has 1 spiro atoms. The van der Waals surface area contributed by atoms with Gasteiger partial charge in [0.2, 0.25) is 0 Å². The van der Waals surface area contributed by atoms with Crippen molar-refractivity contribution in [2.24, 2.45) is 0 Å². The second-order valence-corrected chi connectivity index (χ2v) is 13.4. The highest BCUT2D eigenvalue weighted by Gasteiger charge is 2.52. The SMILES string of the molecule is c1ccc2c(c1)-c1ccccc1C21c2ccccc2-c2c1ccc1c2c(-c2ccc(-c3cccc4ccccc34)cc2)nc2ccccc21. The first-order valence-corrected chi connectivity index (χ1v) is 17.1. The smallest absolute Gasteiger partial charge is 0.0794 e. The van der Waals surface area contributed by atoms with Gasteiger partial charge in [-0.05, 0) is 77.9 Å². The topological polar surface area (TPSA) is 12.9 Å². The molecule has 1 heteroatoms. The van der Waals surface area contributed by atoms with Crippen molar-refractivity contribution in [2.45, 2.75) is 5.41 Å². The van der Waals surface area contributed by atoms with Crippen LogP contribution >= 0.6 is 0 Å². The molecule has 0 amide bonds. The number of aromatic nitrogens is 1. The Morgan fingerprint density at radius 3 is 1.65 bits per heavy atom. The zero-order valence-corrected chi connectivity index (χ0v) is 26.7. The normalized spacial score (nSPS) is 13.5. The zero-order chi connectivity index (χ0) is 32.1. The summed E-state index contributed by atoms with van der Waals surface area (Å²) >= 11 is 0. The van der Waals surface area contributed by atoms with Crippen molar-refractivity contribution in [3.8, 4) is 44.6 Å². The van der Waals surface area contributed by atoms with E-state index in [1.807, 2.05) is 0 Å². The Morgan fingerprint density at radius 2 is 0.898 bits per heavy atom. The van der Waals surface area contributed by atoms with E-state index in [-0.39, 0.29) is 0 Å². The predicted molar refractivity (Wildman–Crippen MR) is 204 cm³/mol. The van der Waals surface area contributed by atoms with Gasteiger partial charge < -0.3 is 0 Å². The average molecular weight is 620 g/mol. The molecule has 0 fully saturated rings. The monoisotopic (exact) mass is 619 g/mol. The molecule has 2 aliphatic carbocycles. The fourth-order valence-electron chi connectivity index (χ4n) is 9.12. The van der Waals surface area contributed by atoms with E-state index in [9.17, 15) is 0 Å². The molecule has 0 unspecified atom stereocenters. The number of hydrogen-bond acceptors (Lipinski definition) is 1. The van der Waals surface area contributed by atoms with E-state index in [1.54, 1.807) is 0 Å². The molecule has 1 aromatic heterocycles. The molecule has 0 saturated carbocycles. The molecule has 0 bridgehead atoms. The van der Waals surface area contributed by atoms with Crippen LogP contribution in [0.3, 0.4) is 0 Å². The second-order valence-electron chi connectivity index (χ2n) is 13.4. The minimum atomic E-state index is -0.394. The quantitative estimate of drug-likeness (QED) is 0.175. The molecule has 1 nitrogen and oxygen atoms in total. The van der Waals surface area contributed by atoms with Gasteiger partial charge in [-0.25, -0.2) is 4.98 Å². The Kier molecular flexibility index (Phi) is 5.38. The molecule has 11 rings (SSSR count). The van der Waals surface area contributed by atoms with Gasteiger partial charge >= 0.3 is 0 Å². The van der Waals surface area contributed by atoms with Gasteiger partial charge in [0.15, 0.2) is 0 Å². The zero-order valence-electron chi connectivity index (χ0n) is 26.7. The first-order valence-electron chi connectivity index (χ1n) is 17.1. The van der Waals surface area contributed by atoms with E-state index < -0.39 is 5.41 Å². The van der Waals surface area contributed by atoms with Crippen molar-refractivity contribution < 1.29 is 0 Å². The van der Waals surface area contributed by atoms with Gasteiger partial charge in [0.25, 0.3) is 0 Å². The molecule has 2 aliphatic rings. The summed E-state index contributed by atoms with van der Waals surface area (Å²) in [5.74, 6) is 0. The molecule has 8 aromatic carbocycles. The Labute approximate surface area is 284 Å². The molecule has 0 radical (unpaired) electrons. The minimum Gasteiger partial charge on any atom is -0.247 e. The molecule has 0 saturated heterocycles. The molecule has 226 valence electrons. The third-order valence-electron chi connectivity index (χ3n) is 11.1. The van der Waals surface area contributed by atoms with Crippen LogP contribution in [0.15, 0.2) is 176 Å². The first kappa shape index (κ1) is 26.7. The second kappa shape index (κ2) is 9.86. The lowest BCUT2D eigenvalue weighted by molar-refractivity contribution is 0.794. The van der Waals surface area contributed by atoms with Crippen molar-refractivity contribution in [3.05, 3.63) is 198 Å². The maximum absolute atomic E-state index is 5.48. The van der Waals surface area contributed by atoms with Gasteiger partial charge in [-0.3, -0.25) is 0 Å². The van der Waals surface area contributed by atoms with Crippen LogP contribution in [0.4, 0.5) is 0 Å². The van der Waals surface area contributed by atoms with Crippen LogP contribution in [0, 0.1) is 0 Å².